The minimum Gasteiger partial charge on any atom is -0.435 e. The van der Waals surface area contributed by atoms with E-state index in [1.54, 1.807) is 0 Å². The number of benzene rings is 2. The Morgan fingerprint density at radius 3 is 2.08 bits per heavy atom. The summed E-state index contributed by atoms with van der Waals surface area (Å²) < 4.78 is 88.5. The molecule has 0 fully saturated rings. The quantitative estimate of drug-likeness (QED) is 0.283. The number of alkyl halides is 4. The highest BCUT2D eigenvalue weighted by atomic mass is 19.3. The zero-order valence-corrected chi connectivity index (χ0v) is 18.5. The molecule has 11 heteroatoms. The van der Waals surface area contributed by atoms with E-state index in [4.69, 9.17) is 0 Å². The topological polar surface area (TPSA) is 68.1 Å². The molecular weight excluding hydrogens is 500 g/mol. The third kappa shape index (κ3) is 5.24. The van der Waals surface area contributed by atoms with Crippen LogP contribution in [0.4, 0.5) is 26.3 Å². The molecule has 0 aliphatic heterocycles. The van der Waals surface area contributed by atoms with Gasteiger partial charge in [-0.3, -0.25) is 4.98 Å². The molecule has 4 aromatic rings. The van der Waals surface area contributed by atoms with Crippen molar-refractivity contribution in [2.45, 2.75) is 18.1 Å². The zero-order valence-electron chi connectivity index (χ0n) is 18.5. The van der Waals surface area contributed by atoms with Crippen LogP contribution in [0.1, 0.15) is 27.9 Å². The van der Waals surface area contributed by atoms with Crippen LogP contribution in [0, 0.1) is 23.5 Å². The van der Waals surface area contributed by atoms with Gasteiger partial charge in [0.1, 0.15) is 29.4 Å². The second-order valence-electron chi connectivity index (χ2n) is 7.62. The molecule has 0 aliphatic rings. The Morgan fingerprint density at radius 1 is 0.838 bits per heavy atom. The number of halogens is 6. The van der Waals surface area contributed by atoms with Crippen LogP contribution in [0.2, 0.25) is 0 Å². The van der Waals surface area contributed by atoms with Gasteiger partial charge in [-0.2, -0.15) is 17.6 Å². The molecule has 0 amide bonds. The molecule has 37 heavy (non-hydrogen) atoms. The molecule has 1 unspecified atom stereocenters. The van der Waals surface area contributed by atoms with Gasteiger partial charge in [0, 0.05) is 46.9 Å². The highest BCUT2D eigenvalue weighted by Crippen LogP contribution is 2.49. The summed E-state index contributed by atoms with van der Waals surface area (Å²) in [7, 11) is 0. The predicted octanol–water partition coefficient (Wildman–Crippen LogP) is 5.18. The van der Waals surface area contributed by atoms with E-state index < -0.39 is 46.6 Å². The SMILES string of the molecule is OC(c1cncnc1)(c1ccc(F)cc1F)C(F)(F)c1ccc(C#Cc2ccc(OC(F)F)cc2)cn1. The third-order valence-corrected chi connectivity index (χ3v) is 5.27. The lowest BCUT2D eigenvalue weighted by molar-refractivity contribution is -0.175. The van der Waals surface area contributed by atoms with Crippen LogP contribution in [0.25, 0.3) is 0 Å². The van der Waals surface area contributed by atoms with Crippen molar-refractivity contribution in [2.75, 3.05) is 0 Å². The number of rotatable bonds is 6. The first kappa shape index (κ1) is 25.7. The molecule has 0 radical (unpaired) electrons. The summed E-state index contributed by atoms with van der Waals surface area (Å²) in [4.78, 5) is 11.0. The van der Waals surface area contributed by atoms with Crippen LogP contribution >= 0.6 is 0 Å². The lowest BCUT2D eigenvalue weighted by atomic mass is 9.80. The second-order valence-corrected chi connectivity index (χ2v) is 7.62. The van der Waals surface area contributed by atoms with Crippen molar-refractivity contribution in [3.8, 4) is 17.6 Å². The number of nitrogens with zero attached hydrogens (tertiary/aromatic N) is 3. The van der Waals surface area contributed by atoms with E-state index in [9.17, 15) is 22.7 Å². The van der Waals surface area contributed by atoms with Crippen molar-refractivity contribution in [3.05, 3.63) is 119 Å². The molecule has 0 spiro atoms. The number of ether oxygens (including phenoxy) is 1. The van der Waals surface area contributed by atoms with Crippen molar-refractivity contribution in [1.29, 1.82) is 0 Å². The normalized spacial score (nSPS) is 13.0. The van der Waals surface area contributed by atoms with Gasteiger partial charge in [-0.05, 0) is 48.5 Å². The first-order valence-electron chi connectivity index (χ1n) is 10.5. The molecule has 2 aromatic heterocycles. The maximum absolute atomic E-state index is 15.8. The Kier molecular flexibility index (Phi) is 7.13. The van der Waals surface area contributed by atoms with Gasteiger partial charge in [0.05, 0.1) is 0 Å². The monoisotopic (exact) mass is 515 g/mol. The molecule has 2 aromatic carbocycles. The number of hydrogen-bond donors (Lipinski definition) is 1. The van der Waals surface area contributed by atoms with E-state index in [1.807, 2.05) is 0 Å². The van der Waals surface area contributed by atoms with Gasteiger partial charge >= 0.3 is 12.5 Å². The second kappa shape index (κ2) is 10.3. The minimum atomic E-state index is -4.23. The van der Waals surface area contributed by atoms with E-state index in [0.717, 1.165) is 37.1 Å². The Morgan fingerprint density at radius 2 is 1.49 bits per heavy atom. The average Bonchev–Trinajstić information content (AvgIpc) is 2.88. The average molecular weight is 515 g/mol. The van der Waals surface area contributed by atoms with Gasteiger partial charge in [-0.1, -0.05) is 11.8 Å². The van der Waals surface area contributed by atoms with Crippen LogP contribution in [-0.4, -0.2) is 26.7 Å². The highest BCUT2D eigenvalue weighted by molar-refractivity contribution is 5.45. The Labute approximate surface area is 206 Å². The van der Waals surface area contributed by atoms with E-state index in [2.05, 4.69) is 31.5 Å². The van der Waals surface area contributed by atoms with Gasteiger partial charge < -0.3 is 9.84 Å². The summed E-state index contributed by atoms with van der Waals surface area (Å²) in [5.41, 5.74) is -5.07. The molecule has 0 aliphatic carbocycles. The number of aliphatic hydroxyl groups is 1. The predicted molar refractivity (Wildman–Crippen MR) is 119 cm³/mol. The van der Waals surface area contributed by atoms with Gasteiger partial charge in [0.2, 0.25) is 0 Å². The molecule has 4 rings (SSSR count). The Balaban J connectivity index is 1.67. The van der Waals surface area contributed by atoms with Crippen molar-refractivity contribution in [1.82, 2.24) is 15.0 Å². The smallest absolute Gasteiger partial charge is 0.387 e. The van der Waals surface area contributed by atoms with Crippen LogP contribution in [0.15, 0.2) is 79.5 Å². The molecule has 0 bridgehead atoms. The van der Waals surface area contributed by atoms with Gasteiger partial charge in [-0.25, -0.2) is 18.7 Å². The molecule has 0 saturated carbocycles. The molecule has 1 atom stereocenters. The van der Waals surface area contributed by atoms with Crippen molar-refractivity contribution in [2.24, 2.45) is 0 Å². The highest BCUT2D eigenvalue weighted by Gasteiger charge is 2.58. The summed E-state index contributed by atoms with van der Waals surface area (Å²) >= 11 is 0. The molecule has 0 saturated heterocycles. The molecule has 1 N–H and O–H groups in total. The number of pyridine rings is 1. The number of aromatic nitrogens is 3. The van der Waals surface area contributed by atoms with Gasteiger partial charge in [0.15, 0.2) is 5.60 Å². The van der Waals surface area contributed by atoms with Crippen molar-refractivity contribution < 1.29 is 36.2 Å². The summed E-state index contributed by atoms with van der Waals surface area (Å²) in [6.45, 7) is -2.97. The Hall–Kier alpha value is -4.43. The van der Waals surface area contributed by atoms with E-state index in [-0.39, 0.29) is 11.3 Å². The van der Waals surface area contributed by atoms with E-state index in [1.165, 1.54) is 30.3 Å². The standard InChI is InChI=1S/C26H15F6N3O2/c27-19-6-9-21(22(28)11-19)25(36,18-13-33-15-34-14-18)26(31,32)23-10-5-17(12-35-23)2-1-16-3-7-20(8-4-16)37-24(29)30/h3-15,24,36H. The molecular formula is C26H15F6N3O2. The maximum Gasteiger partial charge on any atom is 0.387 e. The fourth-order valence-corrected chi connectivity index (χ4v) is 3.48. The lowest BCUT2D eigenvalue weighted by Gasteiger charge is -2.36. The van der Waals surface area contributed by atoms with Crippen LogP contribution < -0.4 is 4.74 Å². The zero-order chi connectivity index (χ0) is 26.6. The van der Waals surface area contributed by atoms with Gasteiger partial charge in [-0.15, -0.1) is 0 Å². The van der Waals surface area contributed by atoms with Crippen molar-refractivity contribution >= 4 is 0 Å². The largest absolute Gasteiger partial charge is 0.435 e. The molecule has 5 nitrogen and oxygen atoms in total. The fraction of sp³-hybridized carbons (Fsp3) is 0.115. The van der Waals surface area contributed by atoms with Crippen LogP contribution in [0.3, 0.4) is 0 Å². The third-order valence-electron chi connectivity index (χ3n) is 5.27. The first-order chi connectivity index (χ1) is 17.6. The summed E-state index contributed by atoms with van der Waals surface area (Å²) in [5, 5.41) is 11.3. The lowest BCUT2D eigenvalue weighted by Crippen LogP contribution is -2.45. The summed E-state index contributed by atoms with van der Waals surface area (Å²) in [6, 6.07) is 9.38. The van der Waals surface area contributed by atoms with Crippen LogP contribution in [-0.2, 0) is 11.5 Å². The number of hydrogen-bond acceptors (Lipinski definition) is 5. The maximum atomic E-state index is 15.8. The summed E-state index contributed by atoms with van der Waals surface area (Å²) in [5.74, 6) is -1.30. The van der Waals surface area contributed by atoms with Crippen LogP contribution in [0.5, 0.6) is 5.75 Å². The van der Waals surface area contributed by atoms with Gasteiger partial charge in [0.25, 0.3) is 0 Å². The summed E-state index contributed by atoms with van der Waals surface area (Å²) in [6.07, 6.45) is 3.84. The molecule has 188 valence electrons. The van der Waals surface area contributed by atoms with E-state index >= 15 is 8.78 Å². The fourth-order valence-electron chi connectivity index (χ4n) is 3.48. The van der Waals surface area contributed by atoms with E-state index in [0.29, 0.717) is 17.7 Å². The first-order valence-corrected chi connectivity index (χ1v) is 10.5. The molecule has 2 heterocycles. The minimum absolute atomic E-state index is 0.0531. The van der Waals surface area contributed by atoms with Crippen molar-refractivity contribution in [3.63, 3.8) is 0 Å². The Bertz CT molecular complexity index is 1440.